The second-order valence-electron chi connectivity index (χ2n) is 7.41. The smallest absolute Gasteiger partial charge is 0.199 e. The lowest BCUT2D eigenvalue weighted by Gasteiger charge is -2.11. The zero-order valence-electron chi connectivity index (χ0n) is 18.8. The molecule has 172 valence electrons. The van der Waals surface area contributed by atoms with Gasteiger partial charge < -0.3 is 20.2 Å². The first-order chi connectivity index (χ1) is 16.7. The molecule has 9 nitrogen and oxygen atoms in total. The Labute approximate surface area is 196 Å². The molecule has 0 atom stereocenters. The summed E-state index contributed by atoms with van der Waals surface area (Å²) in [4.78, 5) is 4.63. The molecule has 0 amide bonds. The summed E-state index contributed by atoms with van der Waals surface area (Å²) in [6.45, 7) is 0.253. The number of para-hydroxylation sites is 2. The molecular formula is C25H24N6O3. The number of imidazole rings is 1. The third-order valence-corrected chi connectivity index (χ3v) is 5.13. The Morgan fingerprint density at radius 2 is 1.59 bits per heavy atom. The Hall–Kier alpha value is -4.50. The summed E-state index contributed by atoms with van der Waals surface area (Å²) >= 11 is 0. The van der Waals surface area contributed by atoms with Crippen LogP contribution in [-0.4, -0.2) is 45.0 Å². The van der Waals surface area contributed by atoms with Crippen molar-refractivity contribution >= 4 is 22.6 Å². The van der Waals surface area contributed by atoms with E-state index >= 15 is 0 Å². The zero-order chi connectivity index (χ0) is 23.9. The van der Waals surface area contributed by atoms with Gasteiger partial charge in [0.15, 0.2) is 17.3 Å². The van der Waals surface area contributed by atoms with E-state index in [-0.39, 0.29) is 12.4 Å². The largest absolute Gasteiger partial charge is 0.411 e. The van der Waals surface area contributed by atoms with Crippen LogP contribution in [0.1, 0.15) is 5.56 Å². The average molecular weight is 457 g/mol. The predicted molar refractivity (Wildman–Crippen MR) is 131 cm³/mol. The summed E-state index contributed by atoms with van der Waals surface area (Å²) in [5, 5.41) is 20.9. The fraction of sp³-hybridized carbons (Fsp3) is 0.120. The number of ether oxygens (including phenoxy) is 1. The van der Waals surface area contributed by atoms with Gasteiger partial charge in [0.05, 0.1) is 17.6 Å². The van der Waals surface area contributed by atoms with Gasteiger partial charge in [-0.15, -0.1) is 0 Å². The summed E-state index contributed by atoms with van der Waals surface area (Å²) in [5.74, 6) is 0.633. The molecule has 0 saturated heterocycles. The molecule has 0 bridgehead atoms. The number of anilines is 1. The number of oxime groups is 1. The molecule has 3 N–H and O–H groups in total. The van der Waals surface area contributed by atoms with Crippen molar-refractivity contribution in [2.45, 2.75) is 6.54 Å². The van der Waals surface area contributed by atoms with Crippen molar-refractivity contribution in [2.75, 3.05) is 20.0 Å². The minimum atomic E-state index is 0.145. The Morgan fingerprint density at radius 1 is 0.941 bits per heavy atom. The van der Waals surface area contributed by atoms with Crippen LogP contribution in [0.5, 0.6) is 0 Å². The third-order valence-electron chi connectivity index (χ3n) is 5.13. The van der Waals surface area contributed by atoms with Crippen molar-refractivity contribution in [3.05, 3.63) is 84.4 Å². The van der Waals surface area contributed by atoms with Crippen molar-refractivity contribution in [2.24, 2.45) is 5.16 Å². The topological polar surface area (TPSA) is 125 Å². The number of benzene rings is 3. The van der Waals surface area contributed by atoms with Gasteiger partial charge in [-0.3, -0.25) is 0 Å². The number of hydrogen-bond donors (Lipinski definition) is 2. The fourth-order valence-corrected chi connectivity index (χ4v) is 3.58. The molecule has 5 rings (SSSR count). The van der Waals surface area contributed by atoms with E-state index in [0.717, 1.165) is 27.7 Å². The number of nitrogens with zero attached hydrogens (tertiary/aromatic N) is 5. The molecule has 0 spiro atoms. The lowest BCUT2D eigenvalue weighted by Crippen LogP contribution is -2.13. The van der Waals surface area contributed by atoms with Crippen LogP contribution in [0, 0.1) is 0 Å². The van der Waals surface area contributed by atoms with Crippen LogP contribution in [0.2, 0.25) is 0 Å². The van der Waals surface area contributed by atoms with E-state index in [1.54, 1.807) is 14.2 Å². The summed E-state index contributed by atoms with van der Waals surface area (Å²) in [5.41, 5.74) is 11.3. The zero-order valence-corrected chi connectivity index (χ0v) is 18.8. The average Bonchev–Trinajstić information content (AvgIpc) is 3.46. The molecule has 2 aromatic heterocycles. The quantitative estimate of drug-likeness (QED) is 0.227. The minimum Gasteiger partial charge on any atom is -0.411 e. The molecule has 2 heterocycles. The van der Waals surface area contributed by atoms with Crippen LogP contribution in [0.4, 0.5) is 5.82 Å². The number of methoxy groups -OCH3 is 1. The highest BCUT2D eigenvalue weighted by Crippen LogP contribution is 2.27. The van der Waals surface area contributed by atoms with Crippen LogP contribution < -0.4 is 5.73 Å². The van der Waals surface area contributed by atoms with Crippen LogP contribution in [0.15, 0.2) is 88.6 Å². The second kappa shape index (κ2) is 10.4. The van der Waals surface area contributed by atoms with Crippen LogP contribution in [0.3, 0.4) is 0 Å². The number of nitrogens with two attached hydrogens (primary N) is 1. The first-order valence-corrected chi connectivity index (χ1v) is 10.5. The number of nitrogen functional groups attached to an aromatic ring is 1. The fourth-order valence-electron chi connectivity index (χ4n) is 3.58. The molecule has 3 aromatic carbocycles. The molecule has 5 aromatic rings. The van der Waals surface area contributed by atoms with Crippen LogP contribution in [-0.2, 0) is 11.3 Å². The first-order valence-electron chi connectivity index (χ1n) is 10.5. The molecule has 0 aliphatic rings. The summed E-state index contributed by atoms with van der Waals surface area (Å²) in [6, 6.07) is 25.6. The second-order valence-corrected chi connectivity index (χ2v) is 7.41. The highest BCUT2D eigenvalue weighted by Gasteiger charge is 2.20. The molecule has 0 aliphatic carbocycles. The van der Waals surface area contributed by atoms with Gasteiger partial charge in [-0.2, -0.15) is 0 Å². The molecular weight excluding hydrogens is 432 g/mol. The summed E-state index contributed by atoms with van der Waals surface area (Å²) in [7, 11) is 3.25. The lowest BCUT2D eigenvalue weighted by atomic mass is 10.0. The number of fused-ring (bicyclic) bond motifs is 1. The van der Waals surface area contributed by atoms with E-state index in [0.29, 0.717) is 17.2 Å². The maximum Gasteiger partial charge on any atom is 0.199 e. The van der Waals surface area contributed by atoms with Crippen LogP contribution >= 0.6 is 0 Å². The van der Waals surface area contributed by atoms with Gasteiger partial charge in [-0.05, 0) is 33.6 Å². The van der Waals surface area contributed by atoms with E-state index in [4.69, 9.17) is 10.4 Å². The van der Waals surface area contributed by atoms with Crippen LogP contribution in [0.25, 0.3) is 33.7 Å². The first kappa shape index (κ1) is 22.7. The van der Waals surface area contributed by atoms with Gasteiger partial charge in [0.2, 0.25) is 0 Å². The van der Waals surface area contributed by atoms with Crippen molar-refractivity contribution in [3.63, 3.8) is 0 Å². The summed E-state index contributed by atoms with van der Waals surface area (Å²) in [6.07, 6.45) is 0. The van der Waals surface area contributed by atoms with Gasteiger partial charge in [0, 0.05) is 19.8 Å². The Kier molecular flexibility index (Phi) is 6.95. The molecule has 9 heteroatoms. The molecule has 0 aliphatic heterocycles. The summed E-state index contributed by atoms with van der Waals surface area (Å²) < 4.78 is 10.9. The van der Waals surface area contributed by atoms with Gasteiger partial charge in [-0.25, -0.2) is 9.61 Å². The lowest BCUT2D eigenvalue weighted by molar-refractivity contribution is 0.277. The SMILES string of the molecule is COC.Nc1nonc1-c1nc2ccccc2n1CC(=NO)c1ccc(-c2ccccc2)cc1. The van der Waals surface area contributed by atoms with Gasteiger partial charge in [0.1, 0.15) is 5.71 Å². The van der Waals surface area contributed by atoms with Crippen molar-refractivity contribution < 1.29 is 14.6 Å². The van der Waals surface area contributed by atoms with E-state index < -0.39 is 0 Å². The number of aromatic nitrogens is 4. The van der Waals surface area contributed by atoms with Crippen molar-refractivity contribution in [1.29, 1.82) is 0 Å². The molecule has 34 heavy (non-hydrogen) atoms. The highest BCUT2D eigenvalue weighted by molar-refractivity contribution is 6.01. The molecule has 0 unspecified atom stereocenters. The minimum absolute atomic E-state index is 0.145. The van der Waals surface area contributed by atoms with E-state index in [1.807, 2.05) is 71.3 Å². The number of hydrogen-bond acceptors (Lipinski definition) is 8. The monoisotopic (exact) mass is 456 g/mol. The van der Waals surface area contributed by atoms with E-state index in [9.17, 15) is 5.21 Å². The van der Waals surface area contributed by atoms with Gasteiger partial charge in [0.25, 0.3) is 0 Å². The molecule has 0 radical (unpaired) electrons. The Balaban J connectivity index is 0.000000868. The standard InChI is InChI=1S/C23H18N6O2.C2H6O/c24-22-21(27-31-28-22)23-25-18-8-4-5-9-20(18)29(23)14-19(26-30)17-12-10-16(11-13-17)15-6-2-1-3-7-15;1-3-2/h1-13,30H,14H2,(H2,24,28);1-2H3. The highest BCUT2D eigenvalue weighted by atomic mass is 16.6. The Bertz CT molecular complexity index is 1390. The normalized spacial score (nSPS) is 11.3. The maximum atomic E-state index is 9.80. The third kappa shape index (κ3) is 4.64. The molecule has 0 fully saturated rings. The van der Waals surface area contributed by atoms with Gasteiger partial charge >= 0.3 is 0 Å². The molecule has 0 saturated carbocycles. The Morgan fingerprint density at radius 3 is 2.24 bits per heavy atom. The predicted octanol–water partition coefficient (Wildman–Crippen LogP) is 4.48. The van der Waals surface area contributed by atoms with Gasteiger partial charge in [-0.1, -0.05) is 71.9 Å². The maximum absolute atomic E-state index is 9.80. The number of rotatable bonds is 5. The van der Waals surface area contributed by atoms with Crippen molar-refractivity contribution in [3.8, 4) is 22.6 Å². The van der Waals surface area contributed by atoms with Crippen molar-refractivity contribution in [1.82, 2.24) is 19.9 Å². The van der Waals surface area contributed by atoms with E-state index in [1.165, 1.54) is 0 Å². The van der Waals surface area contributed by atoms with E-state index in [2.05, 4.69) is 37.3 Å².